The Morgan fingerprint density at radius 3 is 3.12 bits per heavy atom. The van der Waals surface area contributed by atoms with Gasteiger partial charge in [0.25, 0.3) is 0 Å². The van der Waals surface area contributed by atoms with E-state index in [1.165, 1.54) is 0 Å². The van der Waals surface area contributed by atoms with E-state index < -0.39 is 5.41 Å². The lowest BCUT2D eigenvalue weighted by Gasteiger charge is -2.32. The number of hydrogen-bond acceptors (Lipinski definition) is 3. The zero-order chi connectivity index (χ0) is 11.3. The van der Waals surface area contributed by atoms with E-state index >= 15 is 0 Å². The van der Waals surface area contributed by atoms with Crippen LogP contribution in [-0.4, -0.2) is 18.4 Å². The molecule has 0 aromatic heterocycles. The van der Waals surface area contributed by atoms with Gasteiger partial charge in [-0.2, -0.15) is 0 Å². The van der Waals surface area contributed by atoms with Crippen LogP contribution in [0, 0.1) is 23.2 Å². The average molecular weight is 218 g/mol. The standard InChI is InChI=1S/C13H14O3/c1-2-16-12(15)13-6-5-10(14)11(13)8-3-4-9(13)7-8/h3-6,8-9,11H,2,7H2,1H3/t8?,9?,11?,13-/m1/s1. The molecule has 1 saturated carbocycles. The van der Waals surface area contributed by atoms with Crippen molar-refractivity contribution in [3.63, 3.8) is 0 Å². The number of allylic oxidation sites excluding steroid dienone is 3. The number of carbonyl (C=O) groups is 2. The van der Waals surface area contributed by atoms with Gasteiger partial charge in [0.15, 0.2) is 5.78 Å². The van der Waals surface area contributed by atoms with E-state index in [0.29, 0.717) is 6.61 Å². The smallest absolute Gasteiger partial charge is 0.317 e. The molecule has 0 N–H and O–H groups in total. The average Bonchev–Trinajstić information content (AvgIpc) is 2.90. The Hall–Kier alpha value is -1.38. The molecule has 3 rings (SSSR count). The minimum Gasteiger partial charge on any atom is -0.465 e. The zero-order valence-electron chi connectivity index (χ0n) is 9.18. The maximum Gasteiger partial charge on any atom is 0.317 e. The van der Waals surface area contributed by atoms with Crippen LogP contribution >= 0.6 is 0 Å². The van der Waals surface area contributed by atoms with Gasteiger partial charge in [0, 0.05) is 5.92 Å². The maximum atomic E-state index is 12.1. The third-order valence-electron chi connectivity index (χ3n) is 4.13. The molecule has 3 heteroatoms. The Balaban J connectivity index is 2.04. The Morgan fingerprint density at radius 2 is 2.38 bits per heavy atom. The van der Waals surface area contributed by atoms with E-state index in [0.717, 1.165) is 6.42 Å². The second-order valence-corrected chi connectivity index (χ2v) is 4.76. The van der Waals surface area contributed by atoms with Crippen LogP contribution in [0.25, 0.3) is 0 Å². The molecule has 3 aliphatic carbocycles. The fraction of sp³-hybridized carbons (Fsp3) is 0.538. The molecule has 0 aromatic carbocycles. The van der Waals surface area contributed by atoms with Crippen molar-refractivity contribution in [3.8, 4) is 0 Å². The predicted octanol–water partition coefficient (Wildman–Crippen LogP) is 1.50. The first-order valence-electron chi connectivity index (χ1n) is 5.78. The molecule has 1 fully saturated rings. The molecule has 0 radical (unpaired) electrons. The third-order valence-corrected chi connectivity index (χ3v) is 4.13. The minimum absolute atomic E-state index is 0.0879. The molecule has 0 aliphatic heterocycles. The lowest BCUT2D eigenvalue weighted by atomic mass is 9.70. The molecular weight excluding hydrogens is 204 g/mol. The monoisotopic (exact) mass is 218 g/mol. The number of fused-ring (bicyclic) bond motifs is 5. The lowest BCUT2D eigenvalue weighted by molar-refractivity contribution is -0.157. The molecule has 0 heterocycles. The predicted molar refractivity (Wildman–Crippen MR) is 57.4 cm³/mol. The third kappa shape index (κ3) is 0.938. The van der Waals surface area contributed by atoms with Crippen LogP contribution in [-0.2, 0) is 14.3 Å². The van der Waals surface area contributed by atoms with Gasteiger partial charge < -0.3 is 4.74 Å². The van der Waals surface area contributed by atoms with Gasteiger partial charge in [0.2, 0.25) is 0 Å². The van der Waals surface area contributed by atoms with Crippen molar-refractivity contribution >= 4 is 11.8 Å². The Labute approximate surface area is 94.2 Å². The van der Waals surface area contributed by atoms with Gasteiger partial charge in [0.05, 0.1) is 6.61 Å². The second kappa shape index (κ2) is 3.06. The Morgan fingerprint density at radius 1 is 1.56 bits per heavy atom. The van der Waals surface area contributed by atoms with Gasteiger partial charge >= 0.3 is 5.97 Å². The van der Waals surface area contributed by atoms with Crippen LogP contribution in [0.5, 0.6) is 0 Å². The van der Waals surface area contributed by atoms with Gasteiger partial charge in [-0.25, -0.2) is 0 Å². The fourth-order valence-corrected chi connectivity index (χ4v) is 3.51. The molecule has 3 aliphatic rings. The number of rotatable bonds is 2. The quantitative estimate of drug-likeness (QED) is 0.521. The molecule has 0 aromatic rings. The van der Waals surface area contributed by atoms with Gasteiger partial charge in [-0.15, -0.1) is 0 Å². The van der Waals surface area contributed by atoms with E-state index in [4.69, 9.17) is 4.74 Å². The van der Waals surface area contributed by atoms with Crippen molar-refractivity contribution in [2.24, 2.45) is 23.2 Å². The van der Waals surface area contributed by atoms with Gasteiger partial charge in [-0.3, -0.25) is 9.59 Å². The van der Waals surface area contributed by atoms with Crippen molar-refractivity contribution in [1.82, 2.24) is 0 Å². The van der Waals surface area contributed by atoms with Gasteiger partial charge in [-0.05, 0) is 31.3 Å². The summed E-state index contributed by atoms with van der Waals surface area (Å²) in [6.07, 6.45) is 8.41. The van der Waals surface area contributed by atoms with Crippen LogP contribution in [0.15, 0.2) is 24.3 Å². The fourth-order valence-electron chi connectivity index (χ4n) is 3.51. The molecule has 4 atom stereocenters. The SMILES string of the molecule is CCOC(=O)[C@@]12C=CC(=O)C1C1C=CC2C1. The summed E-state index contributed by atoms with van der Waals surface area (Å²) in [5.74, 6) is 0.0616. The number of esters is 1. The summed E-state index contributed by atoms with van der Waals surface area (Å²) in [6, 6.07) is 0. The Bertz CT molecular complexity index is 421. The van der Waals surface area contributed by atoms with Crippen LogP contribution in [0.4, 0.5) is 0 Å². The van der Waals surface area contributed by atoms with Crippen molar-refractivity contribution < 1.29 is 14.3 Å². The van der Waals surface area contributed by atoms with E-state index in [9.17, 15) is 9.59 Å². The van der Waals surface area contributed by atoms with E-state index in [-0.39, 0.29) is 29.5 Å². The summed E-state index contributed by atoms with van der Waals surface area (Å²) >= 11 is 0. The molecule has 84 valence electrons. The minimum atomic E-state index is -0.674. The molecule has 3 unspecified atom stereocenters. The highest BCUT2D eigenvalue weighted by molar-refractivity contribution is 6.03. The number of hydrogen-bond donors (Lipinski definition) is 0. The molecule has 3 nitrogen and oxygen atoms in total. The normalized spacial score (nSPS) is 42.8. The highest BCUT2D eigenvalue weighted by atomic mass is 16.5. The first-order valence-corrected chi connectivity index (χ1v) is 5.78. The molecule has 0 amide bonds. The van der Waals surface area contributed by atoms with E-state index in [1.54, 1.807) is 19.1 Å². The largest absolute Gasteiger partial charge is 0.465 e. The number of ketones is 1. The topological polar surface area (TPSA) is 43.4 Å². The first kappa shape index (κ1) is 9.82. The van der Waals surface area contributed by atoms with Crippen molar-refractivity contribution in [2.75, 3.05) is 6.61 Å². The van der Waals surface area contributed by atoms with E-state index in [1.807, 2.05) is 0 Å². The summed E-state index contributed by atoms with van der Waals surface area (Å²) in [6.45, 7) is 2.17. The van der Waals surface area contributed by atoms with Crippen molar-refractivity contribution in [3.05, 3.63) is 24.3 Å². The molecular formula is C13H14O3. The van der Waals surface area contributed by atoms with Crippen molar-refractivity contribution in [2.45, 2.75) is 13.3 Å². The molecule has 2 bridgehead atoms. The van der Waals surface area contributed by atoms with Crippen LogP contribution in [0.1, 0.15) is 13.3 Å². The zero-order valence-corrected chi connectivity index (χ0v) is 9.18. The van der Waals surface area contributed by atoms with Crippen molar-refractivity contribution in [1.29, 1.82) is 0 Å². The summed E-state index contributed by atoms with van der Waals surface area (Å²) in [7, 11) is 0. The maximum absolute atomic E-state index is 12.1. The Kier molecular flexibility index (Phi) is 1.88. The van der Waals surface area contributed by atoms with Crippen LogP contribution in [0.2, 0.25) is 0 Å². The summed E-state index contributed by atoms with van der Waals surface area (Å²) in [5.41, 5.74) is -0.674. The highest BCUT2D eigenvalue weighted by Crippen LogP contribution is 2.60. The lowest BCUT2D eigenvalue weighted by Crippen LogP contribution is -2.41. The molecule has 0 saturated heterocycles. The summed E-state index contributed by atoms with van der Waals surface area (Å²) in [5, 5.41) is 0. The van der Waals surface area contributed by atoms with Crippen LogP contribution < -0.4 is 0 Å². The highest BCUT2D eigenvalue weighted by Gasteiger charge is 2.64. The molecule has 16 heavy (non-hydrogen) atoms. The summed E-state index contributed by atoms with van der Waals surface area (Å²) in [4.78, 5) is 24.0. The summed E-state index contributed by atoms with van der Waals surface area (Å²) < 4.78 is 5.16. The second-order valence-electron chi connectivity index (χ2n) is 4.76. The van der Waals surface area contributed by atoms with E-state index in [2.05, 4.69) is 12.2 Å². The first-order chi connectivity index (χ1) is 7.70. The molecule has 0 spiro atoms. The van der Waals surface area contributed by atoms with Crippen LogP contribution in [0.3, 0.4) is 0 Å². The number of carbonyl (C=O) groups excluding carboxylic acids is 2. The van der Waals surface area contributed by atoms with Gasteiger partial charge in [-0.1, -0.05) is 18.2 Å². The number of ether oxygens (including phenoxy) is 1. The van der Waals surface area contributed by atoms with Gasteiger partial charge in [0.1, 0.15) is 5.41 Å².